The smallest absolute Gasteiger partial charge is 0.309 e. The lowest BCUT2D eigenvalue weighted by molar-refractivity contribution is -0.147. The highest BCUT2D eigenvalue weighted by molar-refractivity contribution is 7.89. The molecular formula is C23H28N2O7S. The Bertz CT molecular complexity index is 1100. The number of aryl methyl sites for hydroxylation is 2. The first-order valence-electron chi connectivity index (χ1n) is 10.6. The molecule has 0 atom stereocenters. The van der Waals surface area contributed by atoms with E-state index in [1.807, 2.05) is 31.2 Å². The molecule has 1 amide bonds. The molecule has 0 bridgehead atoms. The van der Waals surface area contributed by atoms with Crippen molar-refractivity contribution in [1.29, 1.82) is 0 Å². The second-order valence-electron chi connectivity index (χ2n) is 7.57. The maximum absolute atomic E-state index is 12.9. The monoisotopic (exact) mass is 476 g/mol. The van der Waals surface area contributed by atoms with Crippen LogP contribution < -0.4 is 10.1 Å². The van der Waals surface area contributed by atoms with Crippen molar-refractivity contribution in [3.05, 3.63) is 53.6 Å². The van der Waals surface area contributed by atoms with Crippen molar-refractivity contribution in [2.75, 3.05) is 44.8 Å². The van der Waals surface area contributed by atoms with Crippen LogP contribution in [0.1, 0.15) is 17.5 Å². The summed E-state index contributed by atoms with van der Waals surface area (Å²) in [6.07, 6.45) is -0.00603. The van der Waals surface area contributed by atoms with Crippen LogP contribution in [0.3, 0.4) is 0 Å². The van der Waals surface area contributed by atoms with Crippen molar-refractivity contribution in [3.63, 3.8) is 0 Å². The molecular weight excluding hydrogens is 448 g/mol. The molecule has 1 N–H and O–H groups in total. The molecule has 2 aromatic rings. The maximum Gasteiger partial charge on any atom is 0.309 e. The fourth-order valence-electron chi connectivity index (χ4n) is 3.20. The molecule has 10 heteroatoms. The lowest BCUT2D eigenvalue weighted by Gasteiger charge is -2.26. The second-order valence-corrected chi connectivity index (χ2v) is 9.50. The van der Waals surface area contributed by atoms with Gasteiger partial charge < -0.3 is 19.5 Å². The quantitative estimate of drug-likeness (QED) is 0.553. The van der Waals surface area contributed by atoms with Crippen LogP contribution in [0.2, 0.25) is 0 Å². The Morgan fingerprint density at radius 3 is 2.52 bits per heavy atom. The minimum absolute atomic E-state index is 0.00603. The van der Waals surface area contributed by atoms with Gasteiger partial charge in [0.2, 0.25) is 10.0 Å². The van der Waals surface area contributed by atoms with Gasteiger partial charge in [-0.15, -0.1) is 0 Å². The molecule has 0 aliphatic carbocycles. The van der Waals surface area contributed by atoms with E-state index in [0.717, 1.165) is 5.56 Å². The molecule has 33 heavy (non-hydrogen) atoms. The molecule has 0 aromatic heterocycles. The van der Waals surface area contributed by atoms with Gasteiger partial charge in [0.1, 0.15) is 5.75 Å². The summed E-state index contributed by atoms with van der Waals surface area (Å²) >= 11 is 0. The topological polar surface area (TPSA) is 111 Å². The maximum atomic E-state index is 12.9. The van der Waals surface area contributed by atoms with E-state index >= 15 is 0 Å². The SMILES string of the molecule is Cc1ccc(S(=O)(=O)N2CCOCC2)cc1NC(=O)COC(=O)CCOc1ccccc1C. The number of esters is 1. The number of nitrogens with zero attached hydrogens (tertiary/aromatic N) is 1. The fourth-order valence-corrected chi connectivity index (χ4v) is 4.63. The molecule has 0 saturated carbocycles. The van der Waals surface area contributed by atoms with Crippen LogP contribution >= 0.6 is 0 Å². The largest absolute Gasteiger partial charge is 0.493 e. The molecule has 1 fully saturated rings. The summed E-state index contributed by atoms with van der Waals surface area (Å²) in [6, 6.07) is 12.0. The molecule has 0 unspecified atom stereocenters. The van der Waals surface area contributed by atoms with Gasteiger partial charge in [0.25, 0.3) is 5.91 Å². The summed E-state index contributed by atoms with van der Waals surface area (Å²) in [7, 11) is -3.70. The molecule has 1 aliphatic rings. The molecule has 1 heterocycles. The Morgan fingerprint density at radius 2 is 1.79 bits per heavy atom. The number of anilines is 1. The van der Waals surface area contributed by atoms with Crippen molar-refractivity contribution < 1.29 is 32.2 Å². The van der Waals surface area contributed by atoms with Crippen molar-refractivity contribution in [2.45, 2.75) is 25.2 Å². The highest BCUT2D eigenvalue weighted by atomic mass is 32.2. The van der Waals surface area contributed by atoms with Crippen LogP contribution in [-0.4, -0.2) is 64.1 Å². The van der Waals surface area contributed by atoms with E-state index in [9.17, 15) is 18.0 Å². The molecule has 0 radical (unpaired) electrons. The molecule has 3 rings (SSSR count). The number of amides is 1. The number of benzene rings is 2. The predicted molar refractivity (Wildman–Crippen MR) is 122 cm³/mol. The van der Waals surface area contributed by atoms with Crippen LogP contribution in [0.5, 0.6) is 5.75 Å². The van der Waals surface area contributed by atoms with E-state index < -0.39 is 28.5 Å². The number of para-hydroxylation sites is 1. The van der Waals surface area contributed by atoms with Gasteiger partial charge in [-0.25, -0.2) is 8.42 Å². The van der Waals surface area contributed by atoms with E-state index in [0.29, 0.717) is 30.2 Å². The number of sulfonamides is 1. The molecule has 1 aliphatic heterocycles. The van der Waals surface area contributed by atoms with E-state index in [2.05, 4.69) is 5.32 Å². The number of hydrogen-bond acceptors (Lipinski definition) is 7. The van der Waals surface area contributed by atoms with Gasteiger partial charge >= 0.3 is 5.97 Å². The summed E-state index contributed by atoms with van der Waals surface area (Å²) in [6.45, 7) is 4.54. The second kappa shape index (κ2) is 11.3. The number of morpholine rings is 1. The Morgan fingerprint density at radius 1 is 1.06 bits per heavy atom. The summed E-state index contributed by atoms with van der Waals surface area (Å²) < 4.78 is 42.8. The summed E-state index contributed by atoms with van der Waals surface area (Å²) in [4.78, 5) is 24.3. The summed E-state index contributed by atoms with van der Waals surface area (Å²) in [5, 5.41) is 2.62. The Labute approximate surface area is 193 Å². The minimum Gasteiger partial charge on any atom is -0.493 e. The number of nitrogens with one attached hydrogen (secondary N) is 1. The third-order valence-electron chi connectivity index (χ3n) is 5.11. The molecule has 1 saturated heterocycles. The van der Waals surface area contributed by atoms with Crippen molar-refractivity contribution >= 4 is 27.6 Å². The average molecular weight is 477 g/mol. The van der Waals surface area contributed by atoms with Gasteiger partial charge in [-0.05, 0) is 43.2 Å². The van der Waals surface area contributed by atoms with E-state index in [-0.39, 0.29) is 31.0 Å². The van der Waals surface area contributed by atoms with Crippen LogP contribution in [0.25, 0.3) is 0 Å². The molecule has 178 valence electrons. The number of ether oxygens (including phenoxy) is 3. The first-order valence-corrected chi connectivity index (χ1v) is 12.0. The third kappa shape index (κ3) is 6.77. The average Bonchev–Trinajstić information content (AvgIpc) is 2.81. The summed E-state index contributed by atoms with van der Waals surface area (Å²) in [5.41, 5.74) is 1.98. The normalized spacial score (nSPS) is 14.5. The first kappa shape index (κ1) is 24.7. The van der Waals surface area contributed by atoms with Crippen molar-refractivity contribution in [1.82, 2.24) is 4.31 Å². The number of carbonyl (C=O) groups excluding carboxylic acids is 2. The Balaban J connectivity index is 1.51. The van der Waals surface area contributed by atoms with Gasteiger partial charge in [0, 0.05) is 18.8 Å². The van der Waals surface area contributed by atoms with Gasteiger partial charge in [0.05, 0.1) is 31.1 Å². The van der Waals surface area contributed by atoms with Crippen LogP contribution in [0.15, 0.2) is 47.4 Å². The number of rotatable bonds is 9. The predicted octanol–water partition coefficient (Wildman–Crippen LogP) is 2.28. The van der Waals surface area contributed by atoms with Crippen molar-refractivity contribution in [2.24, 2.45) is 0 Å². The highest BCUT2D eigenvalue weighted by Crippen LogP contribution is 2.23. The number of carbonyl (C=O) groups is 2. The number of hydrogen-bond donors (Lipinski definition) is 1. The van der Waals surface area contributed by atoms with Crippen LogP contribution in [-0.2, 0) is 29.1 Å². The van der Waals surface area contributed by atoms with Crippen LogP contribution in [0.4, 0.5) is 5.69 Å². The summed E-state index contributed by atoms with van der Waals surface area (Å²) in [5.74, 6) is -0.447. The standard InChI is InChI=1S/C23H28N2O7S/c1-17-7-8-19(33(28,29)25-10-13-30-14-11-25)15-20(17)24-22(26)16-32-23(27)9-12-31-21-6-4-3-5-18(21)2/h3-8,15H,9-14,16H2,1-2H3,(H,24,26). The highest BCUT2D eigenvalue weighted by Gasteiger charge is 2.27. The van der Waals surface area contributed by atoms with Crippen molar-refractivity contribution in [3.8, 4) is 5.75 Å². The third-order valence-corrected chi connectivity index (χ3v) is 7.01. The lowest BCUT2D eigenvalue weighted by atomic mass is 10.2. The molecule has 2 aromatic carbocycles. The zero-order chi connectivity index (χ0) is 23.8. The minimum atomic E-state index is -3.70. The Kier molecular flexibility index (Phi) is 8.43. The Hall–Kier alpha value is -2.95. The lowest BCUT2D eigenvalue weighted by Crippen LogP contribution is -2.40. The van der Waals surface area contributed by atoms with Gasteiger partial charge in [-0.3, -0.25) is 9.59 Å². The van der Waals surface area contributed by atoms with E-state index in [1.54, 1.807) is 13.0 Å². The zero-order valence-electron chi connectivity index (χ0n) is 18.7. The molecule has 9 nitrogen and oxygen atoms in total. The zero-order valence-corrected chi connectivity index (χ0v) is 19.5. The van der Waals surface area contributed by atoms with E-state index in [4.69, 9.17) is 14.2 Å². The van der Waals surface area contributed by atoms with E-state index in [1.165, 1.54) is 16.4 Å². The van der Waals surface area contributed by atoms with Gasteiger partial charge in [-0.2, -0.15) is 4.31 Å². The first-order chi connectivity index (χ1) is 15.8. The van der Waals surface area contributed by atoms with Gasteiger partial charge in [0.15, 0.2) is 6.61 Å². The molecule has 0 spiro atoms. The van der Waals surface area contributed by atoms with Crippen LogP contribution in [0, 0.1) is 13.8 Å². The fraction of sp³-hybridized carbons (Fsp3) is 0.391. The van der Waals surface area contributed by atoms with Gasteiger partial charge in [-0.1, -0.05) is 24.3 Å².